The molecule has 1 heterocycles. The molecule has 1 fully saturated rings. The Balaban J connectivity index is 1.73. The van der Waals surface area contributed by atoms with Crippen LogP contribution in [-0.4, -0.2) is 64.6 Å². The standard InChI is InChI=1S/C19H33N5O2S/c1-15(2)24-13-9-17(10-14-24)23-19(20-4)21-11-12-22-27(25,26)18-7-5-16(3)6-8-18/h5-8,15,17,22H,9-14H2,1-4H3,(H2,20,21,23). The van der Waals surface area contributed by atoms with Crippen LogP contribution in [0.25, 0.3) is 0 Å². The second kappa shape index (κ2) is 10.1. The number of aliphatic imine (C=N–C) groups is 1. The van der Waals surface area contributed by atoms with Crippen molar-refractivity contribution in [2.75, 3.05) is 33.2 Å². The van der Waals surface area contributed by atoms with E-state index in [-0.39, 0.29) is 4.90 Å². The highest BCUT2D eigenvalue weighted by Gasteiger charge is 2.21. The van der Waals surface area contributed by atoms with E-state index >= 15 is 0 Å². The Morgan fingerprint density at radius 3 is 2.37 bits per heavy atom. The summed E-state index contributed by atoms with van der Waals surface area (Å²) in [6.45, 7) is 9.32. The topological polar surface area (TPSA) is 85.8 Å². The van der Waals surface area contributed by atoms with Gasteiger partial charge >= 0.3 is 0 Å². The van der Waals surface area contributed by atoms with Gasteiger partial charge in [0.2, 0.25) is 10.0 Å². The van der Waals surface area contributed by atoms with Crippen molar-refractivity contribution in [2.24, 2.45) is 4.99 Å². The van der Waals surface area contributed by atoms with E-state index in [0.717, 1.165) is 31.5 Å². The average molecular weight is 396 g/mol. The fraction of sp³-hybridized carbons (Fsp3) is 0.632. The normalized spacial score (nSPS) is 17.3. The number of hydrogen-bond donors (Lipinski definition) is 3. The first-order chi connectivity index (χ1) is 12.8. The van der Waals surface area contributed by atoms with Gasteiger partial charge in [0.1, 0.15) is 0 Å². The molecule has 0 atom stereocenters. The van der Waals surface area contributed by atoms with Crippen molar-refractivity contribution >= 4 is 16.0 Å². The summed E-state index contributed by atoms with van der Waals surface area (Å²) in [6.07, 6.45) is 2.16. The van der Waals surface area contributed by atoms with E-state index < -0.39 is 10.0 Å². The van der Waals surface area contributed by atoms with Gasteiger partial charge in [-0.3, -0.25) is 4.99 Å². The summed E-state index contributed by atoms with van der Waals surface area (Å²) in [5, 5.41) is 6.62. The number of aryl methyl sites for hydroxylation is 1. The van der Waals surface area contributed by atoms with Crippen LogP contribution in [-0.2, 0) is 10.0 Å². The lowest BCUT2D eigenvalue weighted by atomic mass is 10.0. The Bertz CT molecular complexity index is 708. The van der Waals surface area contributed by atoms with Crippen LogP contribution in [0.4, 0.5) is 0 Å². The van der Waals surface area contributed by atoms with E-state index in [1.165, 1.54) is 0 Å². The minimum atomic E-state index is -3.48. The summed E-state index contributed by atoms with van der Waals surface area (Å²) in [7, 11) is -1.75. The van der Waals surface area contributed by atoms with Gasteiger partial charge in [0, 0.05) is 45.3 Å². The first-order valence-corrected chi connectivity index (χ1v) is 11.1. The maximum Gasteiger partial charge on any atom is 0.240 e. The summed E-state index contributed by atoms with van der Waals surface area (Å²) in [6, 6.07) is 7.82. The molecule has 2 rings (SSSR count). The predicted molar refractivity (Wildman–Crippen MR) is 111 cm³/mol. The molecule has 1 aliphatic rings. The maximum atomic E-state index is 12.3. The molecule has 1 aliphatic heterocycles. The molecule has 152 valence electrons. The zero-order chi connectivity index (χ0) is 19.9. The first-order valence-electron chi connectivity index (χ1n) is 9.59. The first kappa shape index (κ1) is 21.7. The zero-order valence-corrected chi connectivity index (χ0v) is 17.6. The highest BCUT2D eigenvalue weighted by molar-refractivity contribution is 7.89. The molecule has 27 heavy (non-hydrogen) atoms. The molecule has 1 aromatic rings. The van der Waals surface area contributed by atoms with Crippen molar-refractivity contribution in [1.82, 2.24) is 20.3 Å². The van der Waals surface area contributed by atoms with Gasteiger partial charge in [0.15, 0.2) is 5.96 Å². The molecule has 7 nitrogen and oxygen atoms in total. The van der Waals surface area contributed by atoms with Crippen LogP contribution < -0.4 is 15.4 Å². The number of piperidine rings is 1. The van der Waals surface area contributed by atoms with Crippen LogP contribution in [0.5, 0.6) is 0 Å². The van der Waals surface area contributed by atoms with Crippen LogP contribution >= 0.6 is 0 Å². The maximum absolute atomic E-state index is 12.3. The molecular formula is C19H33N5O2S. The van der Waals surface area contributed by atoms with Crippen molar-refractivity contribution in [3.63, 3.8) is 0 Å². The van der Waals surface area contributed by atoms with Crippen molar-refractivity contribution < 1.29 is 8.42 Å². The number of benzene rings is 1. The molecule has 1 aromatic carbocycles. The van der Waals surface area contributed by atoms with E-state index in [1.54, 1.807) is 31.3 Å². The zero-order valence-electron chi connectivity index (χ0n) is 16.8. The molecule has 0 radical (unpaired) electrons. The minimum Gasteiger partial charge on any atom is -0.355 e. The molecule has 0 aromatic heterocycles. The number of hydrogen-bond acceptors (Lipinski definition) is 4. The SMILES string of the molecule is CN=C(NCCNS(=O)(=O)c1ccc(C)cc1)NC1CCN(C(C)C)CC1. The fourth-order valence-electron chi connectivity index (χ4n) is 3.12. The van der Waals surface area contributed by atoms with Crippen LogP contribution in [0.15, 0.2) is 34.2 Å². The monoisotopic (exact) mass is 395 g/mol. The fourth-order valence-corrected chi connectivity index (χ4v) is 4.15. The van der Waals surface area contributed by atoms with E-state index in [2.05, 4.69) is 39.1 Å². The Kier molecular flexibility index (Phi) is 8.07. The molecule has 0 bridgehead atoms. The number of rotatable bonds is 7. The van der Waals surface area contributed by atoms with Gasteiger partial charge in [-0.25, -0.2) is 13.1 Å². The summed E-state index contributed by atoms with van der Waals surface area (Å²) in [5.41, 5.74) is 1.03. The van der Waals surface area contributed by atoms with Gasteiger partial charge < -0.3 is 15.5 Å². The molecule has 0 amide bonds. The van der Waals surface area contributed by atoms with E-state index in [1.807, 2.05) is 6.92 Å². The molecular weight excluding hydrogens is 362 g/mol. The van der Waals surface area contributed by atoms with Crippen molar-refractivity contribution in [3.8, 4) is 0 Å². The van der Waals surface area contributed by atoms with E-state index in [0.29, 0.717) is 31.1 Å². The average Bonchev–Trinajstić information content (AvgIpc) is 2.65. The van der Waals surface area contributed by atoms with Gasteiger partial charge in [0.25, 0.3) is 0 Å². The number of sulfonamides is 1. The molecule has 0 unspecified atom stereocenters. The largest absolute Gasteiger partial charge is 0.355 e. The lowest BCUT2D eigenvalue weighted by molar-refractivity contribution is 0.167. The summed E-state index contributed by atoms with van der Waals surface area (Å²) in [4.78, 5) is 7.01. The third-order valence-electron chi connectivity index (χ3n) is 4.87. The Labute approximate surface area is 163 Å². The summed E-state index contributed by atoms with van der Waals surface area (Å²) < 4.78 is 27.2. The van der Waals surface area contributed by atoms with Gasteiger partial charge in [0.05, 0.1) is 4.90 Å². The number of nitrogens with one attached hydrogen (secondary N) is 3. The third kappa shape index (κ3) is 6.79. The third-order valence-corrected chi connectivity index (χ3v) is 6.34. The quantitative estimate of drug-likeness (QED) is 0.368. The summed E-state index contributed by atoms with van der Waals surface area (Å²) >= 11 is 0. The number of likely N-dealkylation sites (tertiary alicyclic amines) is 1. The van der Waals surface area contributed by atoms with Crippen LogP contribution in [0.2, 0.25) is 0 Å². The van der Waals surface area contributed by atoms with Crippen LogP contribution in [0.1, 0.15) is 32.3 Å². The second-order valence-electron chi connectivity index (χ2n) is 7.26. The van der Waals surface area contributed by atoms with Gasteiger partial charge in [-0.1, -0.05) is 17.7 Å². The van der Waals surface area contributed by atoms with E-state index in [9.17, 15) is 8.42 Å². The van der Waals surface area contributed by atoms with Gasteiger partial charge in [-0.15, -0.1) is 0 Å². The molecule has 0 aliphatic carbocycles. The Hall–Kier alpha value is -1.64. The highest BCUT2D eigenvalue weighted by Crippen LogP contribution is 2.12. The lowest BCUT2D eigenvalue weighted by Gasteiger charge is -2.35. The molecule has 0 spiro atoms. The van der Waals surface area contributed by atoms with Crippen LogP contribution in [0, 0.1) is 6.92 Å². The molecule has 8 heteroatoms. The minimum absolute atomic E-state index is 0.285. The predicted octanol–water partition coefficient (Wildman–Crippen LogP) is 1.31. The number of guanidine groups is 1. The van der Waals surface area contributed by atoms with Crippen LogP contribution in [0.3, 0.4) is 0 Å². The van der Waals surface area contributed by atoms with Gasteiger partial charge in [-0.2, -0.15) is 0 Å². The summed E-state index contributed by atoms with van der Waals surface area (Å²) in [5.74, 6) is 0.715. The van der Waals surface area contributed by atoms with E-state index in [4.69, 9.17) is 0 Å². The highest BCUT2D eigenvalue weighted by atomic mass is 32.2. The number of nitrogens with zero attached hydrogens (tertiary/aromatic N) is 2. The van der Waals surface area contributed by atoms with Crippen molar-refractivity contribution in [1.29, 1.82) is 0 Å². The molecule has 0 saturated carbocycles. The lowest BCUT2D eigenvalue weighted by Crippen LogP contribution is -2.50. The Morgan fingerprint density at radius 2 is 1.81 bits per heavy atom. The smallest absolute Gasteiger partial charge is 0.240 e. The molecule has 3 N–H and O–H groups in total. The Morgan fingerprint density at radius 1 is 1.19 bits per heavy atom. The second-order valence-corrected chi connectivity index (χ2v) is 9.03. The van der Waals surface area contributed by atoms with Crippen molar-refractivity contribution in [3.05, 3.63) is 29.8 Å². The molecule has 1 saturated heterocycles. The van der Waals surface area contributed by atoms with Crippen molar-refractivity contribution in [2.45, 2.75) is 50.6 Å². The van der Waals surface area contributed by atoms with Gasteiger partial charge in [-0.05, 0) is 45.7 Å².